The highest BCUT2D eigenvalue weighted by Crippen LogP contribution is 2.38. The van der Waals surface area contributed by atoms with Gasteiger partial charge in [0.05, 0.1) is 17.7 Å². The Morgan fingerprint density at radius 3 is 2.67 bits per heavy atom. The maximum atomic E-state index is 12.6. The molecule has 6 nitrogen and oxygen atoms in total. The summed E-state index contributed by atoms with van der Waals surface area (Å²) in [5.41, 5.74) is 2.60. The molecule has 33 heavy (non-hydrogen) atoms. The summed E-state index contributed by atoms with van der Waals surface area (Å²) in [7, 11) is 1.34. The lowest BCUT2D eigenvalue weighted by atomic mass is 10.0. The van der Waals surface area contributed by atoms with Gasteiger partial charge in [0.1, 0.15) is 10.8 Å². The number of methoxy groups -OCH3 is 1. The van der Waals surface area contributed by atoms with E-state index in [4.69, 9.17) is 32.7 Å². The predicted molar refractivity (Wildman–Crippen MR) is 131 cm³/mol. The van der Waals surface area contributed by atoms with Crippen LogP contribution in [0.4, 0.5) is 5.00 Å². The third-order valence-corrected chi connectivity index (χ3v) is 6.94. The molecule has 0 fully saturated rings. The van der Waals surface area contributed by atoms with Crippen LogP contribution in [0, 0.1) is 0 Å². The lowest BCUT2D eigenvalue weighted by Gasteiger charge is -2.27. The van der Waals surface area contributed by atoms with Crippen LogP contribution in [0.1, 0.15) is 26.4 Å². The minimum atomic E-state index is -0.457. The monoisotopic (exact) mass is 504 g/mol. The van der Waals surface area contributed by atoms with Crippen LogP contribution in [-0.4, -0.2) is 37.0 Å². The number of amides is 1. The van der Waals surface area contributed by atoms with E-state index < -0.39 is 11.9 Å². The van der Waals surface area contributed by atoms with Crippen LogP contribution in [0.5, 0.6) is 5.75 Å². The third-order valence-electron chi connectivity index (χ3n) is 5.28. The fourth-order valence-electron chi connectivity index (χ4n) is 3.74. The molecule has 1 aliphatic rings. The molecular weight excluding hydrogens is 483 g/mol. The molecule has 1 aliphatic heterocycles. The number of halogens is 2. The van der Waals surface area contributed by atoms with E-state index in [1.807, 2.05) is 18.2 Å². The summed E-state index contributed by atoms with van der Waals surface area (Å²) >= 11 is 13.4. The van der Waals surface area contributed by atoms with Crippen LogP contribution in [0.25, 0.3) is 0 Å². The van der Waals surface area contributed by atoms with Crippen molar-refractivity contribution in [1.82, 2.24) is 4.90 Å². The number of rotatable bonds is 7. The number of thiophene rings is 1. The van der Waals surface area contributed by atoms with Crippen molar-refractivity contribution in [2.75, 3.05) is 25.6 Å². The molecule has 0 atom stereocenters. The molecule has 2 heterocycles. The number of carbonyl (C=O) groups excluding carboxylic acids is 2. The smallest absolute Gasteiger partial charge is 0.341 e. The number of hydrogen-bond donors (Lipinski definition) is 1. The van der Waals surface area contributed by atoms with E-state index in [0.717, 1.165) is 23.5 Å². The number of fused-ring (bicyclic) bond motifs is 1. The highest BCUT2D eigenvalue weighted by Gasteiger charge is 2.29. The van der Waals surface area contributed by atoms with E-state index in [-0.39, 0.29) is 6.61 Å². The quantitative estimate of drug-likeness (QED) is 0.435. The Morgan fingerprint density at radius 1 is 1.15 bits per heavy atom. The van der Waals surface area contributed by atoms with Gasteiger partial charge in [-0.05, 0) is 35.7 Å². The molecular formula is C24H22Cl2N2O4S. The zero-order chi connectivity index (χ0) is 23.4. The summed E-state index contributed by atoms with van der Waals surface area (Å²) in [6.07, 6.45) is 0.704. The van der Waals surface area contributed by atoms with E-state index in [1.54, 1.807) is 18.2 Å². The molecule has 172 valence electrons. The minimum absolute atomic E-state index is 0.259. The fraction of sp³-hybridized carbons (Fsp3) is 0.250. The molecule has 4 rings (SSSR count). The molecule has 2 aromatic carbocycles. The van der Waals surface area contributed by atoms with Crippen LogP contribution in [0.15, 0.2) is 48.5 Å². The van der Waals surface area contributed by atoms with E-state index in [0.29, 0.717) is 39.3 Å². The van der Waals surface area contributed by atoms with E-state index in [2.05, 4.69) is 22.3 Å². The number of hydrogen-bond acceptors (Lipinski definition) is 6. The maximum Gasteiger partial charge on any atom is 0.341 e. The average Bonchev–Trinajstić information content (AvgIpc) is 3.15. The van der Waals surface area contributed by atoms with Crippen LogP contribution >= 0.6 is 34.5 Å². The summed E-state index contributed by atoms with van der Waals surface area (Å²) in [4.78, 5) is 28.5. The first-order chi connectivity index (χ1) is 15.9. The van der Waals surface area contributed by atoms with E-state index in [1.165, 1.54) is 24.0 Å². The number of nitrogens with zero attached hydrogens (tertiary/aromatic N) is 1. The summed E-state index contributed by atoms with van der Waals surface area (Å²) < 4.78 is 10.5. The van der Waals surface area contributed by atoms with Crippen LogP contribution < -0.4 is 10.1 Å². The van der Waals surface area contributed by atoms with Gasteiger partial charge in [-0.25, -0.2) is 4.79 Å². The van der Waals surface area contributed by atoms with Crippen molar-refractivity contribution in [3.8, 4) is 5.75 Å². The number of nitrogens with one attached hydrogen (secondary N) is 1. The first kappa shape index (κ1) is 23.6. The van der Waals surface area contributed by atoms with Gasteiger partial charge in [-0.15, -0.1) is 11.3 Å². The van der Waals surface area contributed by atoms with Crippen LogP contribution in [-0.2, 0) is 29.0 Å². The molecule has 0 aliphatic carbocycles. The molecule has 3 aromatic rings. The Balaban J connectivity index is 1.47. The highest BCUT2D eigenvalue weighted by molar-refractivity contribution is 7.17. The Labute approximate surface area is 206 Å². The molecule has 0 radical (unpaired) electrons. The number of carbonyl (C=O) groups is 2. The Morgan fingerprint density at radius 2 is 1.94 bits per heavy atom. The maximum absolute atomic E-state index is 12.6. The Hall–Kier alpha value is -2.58. The summed E-state index contributed by atoms with van der Waals surface area (Å²) in [5, 5.41) is 4.08. The van der Waals surface area contributed by atoms with Crippen molar-refractivity contribution in [2.45, 2.75) is 19.5 Å². The van der Waals surface area contributed by atoms with Crippen molar-refractivity contribution in [3.05, 3.63) is 80.1 Å². The van der Waals surface area contributed by atoms with E-state index in [9.17, 15) is 9.59 Å². The number of anilines is 1. The zero-order valence-electron chi connectivity index (χ0n) is 17.9. The molecule has 0 bridgehead atoms. The normalized spacial score (nSPS) is 13.3. The van der Waals surface area contributed by atoms with Crippen molar-refractivity contribution in [3.63, 3.8) is 0 Å². The number of ether oxygens (including phenoxy) is 2. The second kappa shape index (κ2) is 10.6. The number of benzene rings is 2. The third kappa shape index (κ3) is 5.68. The summed E-state index contributed by atoms with van der Waals surface area (Å²) in [6, 6.07) is 15.0. The van der Waals surface area contributed by atoms with Crippen LogP contribution in [0.2, 0.25) is 10.0 Å². The van der Waals surface area contributed by atoms with Gasteiger partial charge >= 0.3 is 5.97 Å². The van der Waals surface area contributed by atoms with E-state index >= 15 is 0 Å². The highest BCUT2D eigenvalue weighted by atomic mass is 35.5. The van der Waals surface area contributed by atoms with Crippen molar-refractivity contribution in [1.29, 1.82) is 0 Å². The molecule has 1 aromatic heterocycles. The molecule has 1 amide bonds. The van der Waals surface area contributed by atoms with Crippen molar-refractivity contribution >= 4 is 51.4 Å². The van der Waals surface area contributed by atoms with Gasteiger partial charge in [0.25, 0.3) is 5.91 Å². The topological polar surface area (TPSA) is 67.9 Å². The largest absolute Gasteiger partial charge is 0.482 e. The van der Waals surface area contributed by atoms with Gasteiger partial charge in [0.15, 0.2) is 6.61 Å². The summed E-state index contributed by atoms with van der Waals surface area (Å²) in [6.45, 7) is 2.08. The van der Waals surface area contributed by atoms with Gasteiger partial charge in [-0.2, -0.15) is 0 Å². The van der Waals surface area contributed by atoms with Gasteiger partial charge in [-0.3, -0.25) is 9.69 Å². The minimum Gasteiger partial charge on any atom is -0.482 e. The van der Waals surface area contributed by atoms with Gasteiger partial charge in [0, 0.05) is 29.5 Å². The Kier molecular flexibility index (Phi) is 7.55. The van der Waals surface area contributed by atoms with Gasteiger partial charge < -0.3 is 14.8 Å². The second-order valence-electron chi connectivity index (χ2n) is 7.56. The molecule has 0 saturated heterocycles. The summed E-state index contributed by atoms with van der Waals surface area (Å²) in [5.74, 6) is -0.502. The standard InChI is InChI=1S/C24H22Cl2N2O4S/c1-31-24(30)22-17-9-10-28(12-15-5-3-2-4-6-15)13-20(17)33-23(22)27-21(29)14-32-19-8-7-16(25)11-18(19)26/h2-8,11H,9-10,12-14H2,1H3,(H,27,29). The molecule has 0 spiro atoms. The van der Waals surface area contributed by atoms with Crippen molar-refractivity contribution < 1.29 is 19.1 Å². The molecule has 9 heteroatoms. The first-order valence-electron chi connectivity index (χ1n) is 10.3. The molecule has 1 N–H and O–H groups in total. The average molecular weight is 505 g/mol. The molecule has 0 unspecified atom stereocenters. The fourth-order valence-corrected chi connectivity index (χ4v) is 5.49. The van der Waals surface area contributed by atoms with Gasteiger partial charge in [-0.1, -0.05) is 53.5 Å². The lowest BCUT2D eigenvalue weighted by molar-refractivity contribution is -0.118. The predicted octanol–water partition coefficient (Wildman–Crippen LogP) is 5.42. The second-order valence-corrected chi connectivity index (χ2v) is 9.51. The molecule has 0 saturated carbocycles. The first-order valence-corrected chi connectivity index (χ1v) is 11.9. The van der Waals surface area contributed by atoms with Gasteiger partial charge in [0.2, 0.25) is 0 Å². The Bertz CT molecular complexity index is 1170. The zero-order valence-corrected chi connectivity index (χ0v) is 20.2. The lowest BCUT2D eigenvalue weighted by Crippen LogP contribution is -2.29. The SMILES string of the molecule is COC(=O)c1c(NC(=O)COc2ccc(Cl)cc2Cl)sc2c1CCN(Cc1ccccc1)C2. The van der Waals surface area contributed by atoms with Crippen molar-refractivity contribution in [2.24, 2.45) is 0 Å². The van der Waals surface area contributed by atoms with Crippen LogP contribution in [0.3, 0.4) is 0 Å². The number of esters is 1.